The SMILES string of the molecule is C#CC(=O)c1ccc(OC)cc1.C=CC(=O)c1ccc(CO)cc1.C=CC(=O)c1ccc(OC2CCCCO2)cc1. The van der Waals surface area contributed by atoms with Crippen LogP contribution in [0.5, 0.6) is 11.5 Å². The fourth-order valence-corrected chi connectivity index (χ4v) is 3.49. The summed E-state index contributed by atoms with van der Waals surface area (Å²) in [5.41, 5.74) is 2.54. The van der Waals surface area contributed by atoms with E-state index in [4.69, 9.17) is 25.7 Å². The Bertz CT molecular complexity index is 1330. The summed E-state index contributed by atoms with van der Waals surface area (Å²) in [5, 5.41) is 8.72. The standard InChI is InChI=1S/C14H16O3.C10H8O2.C10H10O2/c1-2-13(15)11-6-8-12(9-7-11)17-14-5-3-4-10-16-14;1-3-10(11)8-4-6-9(12-2)7-5-8;1-2-10(12)9-5-3-8(7-11)4-6-9/h2,6-9,14H,1,3-5,10H2;1,4-7H,2H3;2-6,11H,1,7H2. The molecule has 3 aromatic carbocycles. The molecule has 1 unspecified atom stereocenters. The second kappa shape index (κ2) is 17.7. The van der Waals surface area contributed by atoms with Crippen LogP contribution in [0.25, 0.3) is 0 Å². The van der Waals surface area contributed by atoms with E-state index in [2.05, 4.69) is 13.2 Å². The van der Waals surface area contributed by atoms with Crippen LogP contribution in [0, 0.1) is 12.3 Å². The number of carbonyl (C=O) groups excluding carboxylic acids is 3. The first-order valence-electron chi connectivity index (χ1n) is 12.9. The minimum Gasteiger partial charge on any atom is -0.497 e. The number of benzene rings is 3. The van der Waals surface area contributed by atoms with Crippen LogP contribution in [0.2, 0.25) is 0 Å². The second-order valence-corrected chi connectivity index (χ2v) is 8.63. The van der Waals surface area contributed by atoms with Gasteiger partial charge < -0.3 is 19.3 Å². The van der Waals surface area contributed by atoms with Crippen molar-refractivity contribution in [3.8, 4) is 23.8 Å². The third-order valence-corrected chi connectivity index (χ3v) is 5.82. The van der Waals surface area contributed by atoms with Crippen molar-refractivity contribution in [3.05, 3.63) is 120 Å². The van der Waals surface area contributed by atoms with Crippen molar-refractivity contribution in [2.45, 2.75) is 32.2 Å². The number of aliphatic hydroxyl groups is 1. The van der Waals surface area contributed by atoms with Gasteiger partial charge in [-0.3, -0.25) is 14.4 Å². The number of ether oxygens (including phenoxy) is 3. The normalized spacial score (nSPS) is 13.4. The van der Waals surface area contributed by atoms with Gasteiger partial charge in [0.05, 0.1) is 20.3 Å². The fraction of sp³-hybridized carbons (Fsp3) is 0.206. The van der Waals surface area contributed by atoms with Crippen molar-refractivity contribution in [1.29, 1.82) is 0 Å². The smallest absolute Gasteiger partial charge is 0.235 e. The predicted molar refractivity (Wildman–Crippen MR) is 158 cm³/mol. The zero-order valence-electron chi connectivity index (χ0n) is 23.1. The highest BCUT2D eigenvalue weighted by molar-refractivity contribution is 6.08. The Balaban J connectivity index is 0.000000221. The highest BCUT2D eigenvalue weighted by Gasteiger charge is 2.15. The van der Waals surface area contributed by atoms with Crippen LogP contribution in [0.15, 0.2) is 98.1 Å². The molecule has 1 atom stereocenters. The zero-order valence-corrected chi connectivity index (χ0v) is 23.1. The topological polar surface area (TPSA) is 99.1 Å². The highest BCUT2D eigenvalue weighted by atomic mass is 16.7. The van der Waals surface area contributed by atoms with E-state index in [1.165, 1.54) is 12.2 Å². The van der Waals surface area contributed by atoms with Gasteiger partial charge in [-0.25, -0.2) is 0 Å². The average molecular weight is 555 g/mol. The van der Waals surface area contributed by atoms with Gasteiger partial charge in [0.1, 0.15) is 11.5 Å². The summed E-state index contributed by atoms with van der Waals surface area (Å²) in [4.78, 5) is 33.3. The number of rotatable bonds is 9. The van der Waals surface area contributed by atoms with Crippen LogP contribution in [0.4, 0.5) is 0 Å². The van der Waals surface area contributed by atoms with Crippen LogP contribution in [-0.2, 0) is 11.3 Å². The van der Waals surface area contributed by atoms with E-state index in [0.717, 1.165) is 37.2 Å². The summed E-state index contributed by atoms with van der Waals surface area (Å²) in [6, 6.07) is 20.5. The van der Waals surface area contributed by atoms with Crippen molar-refractivity contribution in [3.63, 3.8) is 0 Å². The maximum absolute atomic E-state index is 11.3. The van der Waals surface area contributed by atoms with Crippen molar-refractivity contribution in [2.75, 3.05) is 13.7 Å². The first kappa shape index (κ1) is 32.4. The molecule has 0 saturated carbocycles. The third kappa shape index (κ3) is 11.1. The summed E-state index contributed by atoms with van der Waals surface area (Å²) in [7, 11) is 1.57. The van der Waals surface area contributed by atoms with Gasteiger partial charge >= 0.3 is 0 Å². The molecule has 1 aliphatic rings. The molecular weight excluding hydrogens is 520 g/mol. The lowest BCUT2D eigenvalue weighted by Gasteiger charge is -2.23. The summed E-state index contributed by atoms with van der Waals surface area (Å²) in [5.74, 6) is 3.00. The van der Waals surface area contributed by atoms with Crippen LogP contribution < -0.4 is 9.47 Å². The molecule has 0 bridgehead atoms. The summed E-state index contributed by atoms with van der Waals surface area (Å²) < 4.78 is 16.1. The molecule has 1 heterocycles. The van der Waals surface area contributed by atoms with E-state index >= 15 is 0 Å². The van der Waals surface area contributed by atoms with Crippen molar-refractivity contribution in [2.24, 2.45) is 0 Å². The molecule has 1 N–H and O–H groups in total. The first-order chi connectivity index (χ1) is 19.8. The quantitative estimate of drug-likeness (QED) is 0.149. The molecule has 7 heteroatoms. The maximum Gasteiger partial charge on any atom is 0.235 e. The van der Waals surface area contributed by atoms with Gasteiger partial charge in [-0.1, -0.05) is 37.4 Å². The Morgan fingerprint density at radius 1 is 0.878 bits per heavy atom. The number of Topliss-reactive ketones (excluding diaryl/α,β-unsaturated/α-hetero) is 1. The minimum atomic E-state index is -0.308. The van der Waals surface area contributed by atoms with Crippen molar-refractivity contribution >= 4 is 17.3 Å². The fourth-order valence-electron chi connectivity index (χ4n) is 3.49. The Labute approximate surface area is 241 Å². The Morgan fingerprint density at radius 3 is 1.83 bits per heavy atom. The molecule has 212 valence electrons. The Kier molecular flexibility index (Phi) is 14.0. The monoisotopic (exact) mass is 554 g/mol. The number of aliphatic hydroxyl groups excluding tert-OH is 1. The minimum absolute atomic E-state index is 0.00254. The van der Waals surface area contributed by atoms with E-state index < -0.39 is 0 Å². The van der Waals surface area contributed by atoms with E-state index in [0.29, 0.717) is 22.4 Å². The maximum atomic E-state index is 11.3. The number of terminal acetylenes is 1. The lowest BCUT2D eigenvalue weighted by molar-refractivity contribution is -0.105. The number of hydrogen-bond acceptors (Lipinski definition) is 7. The molecule has 0 aromatic heterocycles. The third-order valence-electron chi connectivity index (χ3n) is 5.82. The van der Waals surface area contributed by atoms with Gasteiger partial charge in [0.15, 0.2) is 17.9 Å². The largest absolute Gasteiger partial charge is 0.497 e. The van der Waals surface area contributed by atoms with Crippen molar-refractivity contribution in [1.82, 2.24) is 0 Å². The van der Waals surface area contributed by atoms with E-state index in [1.54, 1.807) is 79.9 Å². The van der Waals surface area contributed by atoms with Crippen LogP contribution in [0.3, 0.4) is 0 Å². The lowest BCUT2D eigenvalue weighted by Crippen LogP contribution is -2.24. The van der Waals surface area contributed by atoms with Gasteiger partial charge in [0.25, 0.3) is 0 Å². The predicted octanol–water partition coefficient (Wildman–Crippen LogP) is 6.02. The van der Waals surface area contributed by atoms with Crippen molar-refractivity contribution < 1.29 is 33.7 Å². The van der Waals surface area contributed by atoms with Gasteiger partial charge in [-0.05, 0) is 85.0 Å². The molecule has 1 aliphatic heterocycles. The molecule has 41 heavy (non-hydrogen) atoms. The summed E-state index contributed by atoms with van der Waals surface area (Å²) in [6.07, 6.45) is 10.5. The molecule has 0 amide bonds. The Morgan fingerprint density at radius 2 is 1.39 bits per heavy atom. The molecule has 0 radical (unpaired) electrons. The number of ketones is 3. The van der Waals surface area contributed by atoms with E-state index in [9.17, 15) is 14.4 Å². The van der Waals surface area contributed by atoms with Gasteiger partial charge in [-0.2, -0.15) is 0 Å². The number of allylic oxidation sites excluding steroid dienone is 2. The molecule has 1 fully saturated rings. The Hall–Kier alpha value is -4.77. The highest BCUT2D eigenvalue weighted by Crippen LogP contribution is 2.20. The van der Waals surface area contributed by atoms with E-state index in [1.807, 2.05) is 5.92 Å². The number of carbonyl (C=O) groups is 3. The van der Waals surface area contributed by atoms with Crippen LogP contribution in [0.1, 0.15) is 55.9 Å². The van der Waals surface area contributed by atoms with Gasteiger partial charge in [0.2, 0.25) is 5.78 Å². The first-order valence-corrected chi connectivity index (χ1v) is 12.9. The molecule has 1 saturated heterocycles. The van der Waals surface area contributed by atoms with Crippen LogP contribution >= 0.6 is 0 Å². The molecule has 7 nitrogen and oxygen atoms in total. The number of methoxy groups -OCH3 is 1. The van der Waals surface area contributed by atoms with E-state index in [-0.39, 0.29) is 30.2 Å². The lowest BCUT2D eigenvalue weighted by atomic mass is 10.1. The molecule has 4 rings (SSSR count). The summed E-state index contributed by atoms with van der Waals surface area (Å²) in [6.45, 7) is 7.60. The second-order valence-electron chi connectivity index (χ2n) is 8.63. The molecular formula is C34H34O7. The zero-order chi connectivity index (χ0) is 30.0. The van der Waals surface area contributed by atoms with Crippen LogP contribution in [-0.4, -0.2) is 42.5 Å². The number of hydrogen-bond donors (Lipinski definition) is 1. The molecule has 0 aliphatic carbocycles. The molecule has 3 aromatic rings. The van der Waals surface area contributed by atoms with Gasteiger partial charge in [-0.15, -0.1) is 6.42 Å². The molecule has 0 spiro atoms. The average Bonchev–Trinajstić information content (AvgIpc) is 3.05. The summed E-state index contributed by atoms with van der Waals surface area (Å²) >= 11 is 0. The van der Waals surface area contributed by atoms with Gasteiger partial charge in [0, 0.05) is 23.1 Å².